The summed E-state index contributed by atoms with van der Waals surface area (Å²) in [4.78, 5) is 53.1. The molecule has 2 N–H and O–H groups in total. The van der Waals surface area contributed by atoms with E-state index in [1.165, 1.54) is 6.07 Å². The lowest BCUT2D eigenvalue weighted by Gasteiger charge is -2.35. The minimum absolute atomic E-state index is 0.0616. The van der Waals surface area contributed by atoms with E-state index in [9.17, 15) is 18.8 Å². The number of aromatic nitrogens is 4. The summed E-state index contributed by atoms with van der Waals surface area (Å²) in [5, 5.41) is 10.6. The van der Waals surface area contributed by atoms with Gasteiger partial charge in [-0.15, -0.1) is 5.10 Å². The van der Waals surface area contributed by atoms with E-state index in [0.29, 0.717) is 56.0 Å². The van der Waals surface area contributed by atoms with Crippen LogP contribution in [0.25, 0.3) is 17.0 Å². The molecule has 6 heterocycles. The van der Waals surface area contributed by atoms with Gasteiger partial charge < -0.3 is 20.0 Å². The third-order valence-corrected chi connectivity index (χ3v) is 10.5. The summed E-state index contributed by atoms with van der Waals surface area (Å²) in [5.74, 6) is 0.921. The Balaban J connectivity index is 0.821. The van der Waals surface area contributed by atoms with E-state index in [2.05, 4.69) is 25.4 Å². The van der Waals surface area contributed by atoms with Gasteiger partial charge in [0.1, 0.15) is 23.1 Å². The van der Waals surface area contributed by atoms with Crippen LogP contribution in [0, 0.1) is 5.82 Å². The highest BCUT2D eigenvalue weighted by Gasteiger charge is 2.30. The highest BCUT2D eigenvalue weighted by atomic mass is 19.1. The molecule has 13 heteroatoms. The number of rotatable bonds is 12. The molecule has 3 amide bonds. The molecular formula is C40H42FN9O3. The molecule has 3 aliphatic rings. The molecule has 0 unspecified atom stereocenters. The zero-order valence-electron chi connectivity index (χ0n) is 29.5. The number of benzene rings is 2. The lowest BCUT2D eigenvalue weighted by atomic mass is 10.0. The number of nitrogens with zero attached hydrogens (tertiary/aromatic N) is 7. The Kier molecular flexibility index (Phi) is 9.70. The van der Waals surface area contributed by atoms with Crippen LogP contribution in [0.5, 0.6) is 0 Å². The first kappa shape index (κ1) is 34.2. The van der Waals surface area contributed by atoms with E-state index in [0.717, 1.165) is 79.3 Å². The first-order valence-electron chi connectivity index (χ1n) is 18.5. The van der Waals surface area contributed by atoms with Crippen molar-refractivity contribution in [3.63, 3.8) is 0 Å². The van der Waals surface area contributed by atoms with Gasteiger partial charge in [-0.25, -0.2) is 18.9 Å². The van der Waals surface area contributed by atoms with Crippen molar-refractivity contribution in [2.24, 2.45) is 0 Å². The van der Waals surface area contributed by atoms with Gasteiger partial charge >= 0.3 is 0 Å². The molecule has 0 aliphatic carbocycles. The molecule has 12 nitrogen and oxygen atoms in total. The molecule has 0 bridgehead atoms. The minimum Gasteiger partial charge on any atom is -0.384 e. The summed E-state index contributed by atoms with van der Waals surface area (Å²) in [7, 11) is 0. The predicted octanol–water partition coefficient (Wildman–Crippen LogP) is 5.87. The second-order valence-corrected chi connectivity index (χ2v) is 13.9. The third-order valence-electron chi connectivity index (χ3n) is 10.5. The van der Waals surface area contributed by atoms with E-state index >= 15 is 0 Å². The van der Waals surface area contributed by atoms with E-state index in [1.807, 2.05) is 51.9 Å². The Hall–Kier alpha value is -5.85. The molecule has 3 aromatic heterocycles. The van der Waals surface area contributed by atoms with Crippen LogP contribution in [0.3, 0.4) is 0 Å². The van der Waals surface area contributed by atoms with Gasteiger partial charge in [0.25, 0.3) is 11.8 Å². The van der Waals surface area contributed by atoms with E-state index in [4.69, 9.17) is 10.1 Å². The molecule has 53 heavy (non-hydrogen) atoms. The number of imide groups is 1. The van der Waals surface area contributed by atoms with Crippen LogP contribution >= 0.6 is 0 Å². The smallest absolute Gasteiger partial charge is 0.261 e. The fourth-order valence-corrected chi connectivity index (χ4v) is 7.72. The molecular weight excluding hydrogens is 673 g/mol. The lowest BCUT2D eigenvalue weighted by Crippen LogP contribution is -2.49. The largest absolute Gasteiger partial charge is 0.384 e. The maximum atomic E-state index is 14.1. The summed E-state index contributed by atoms with van der Waals surface area (Å²) in [6.07, 6.45) is 7.92. The number of piperazine rings is 1. The maximum Gasteiger partial charge on any atom is 0.261 e. The van der Waals surface area contributed by atoms with E-state index < -0.39 is 0 Å². The van der Waals surface area contributed by atoms with Gasteiger partial charge in [0.15, 0.2) is 5.65 Å². The van der Waals surface area contributed by atoms with Crippen molar-refractivity contribution >= 4 is 40.7 Å². The molecule has 8 rings (SSSR count). The van der Waals surface area contributed by atoms with Crippen LogP contribution in [0.1, 0.15) is 77.3 Å². The first-order chi connectivity index (χ1) is 25.9. The third kappa shape index (κ3) is 7.15. The number of unbranched alkanes of at least 4 members (excludes halogenated alkanes) is 3. The average Bonchev–Trinajstić information content (AvgIpc) is 3.92. The molecule has 0 saturated carbocycles. The SMILES string of the molecule is O=C1NC(=O)c2c(NCCCCCCC(=O)N3CCN(c4cccc(-c5cnc6ccc(N7CCC[C@@H]7c7cccc(F)c7)nn56)n4)CC3)cccc21. The number of hydrogen-bond acceptors (Lipinski definition) is 9. The van der Waals surface area contributed by atoms with Gasteiger partial charge in [-0.1, -0.05) is 37.1 Å². The summed E-state index contributed by atoms with van der Waals surface area (Å²) in [6, 6.07) is 22.1. The van der Waals surface area contributed by atoms with Crippen molar-refractivity contribution in [1.29, 1.82) is 0 Å². The zero-order chi connectivity index (χ0) is 36.3. The number of anilines is 3. The number of halogens is 1. The molecule has 272 valence electrons. The highest BCUT2D eigenvalue weighted by molar-refractivity contribution is 6.23. The molecule has 2 fully saturated rings. The maximum absolute atomic E-state index is 14.1. The summed E-state index contributed by atoms with van der Waals surface area (Å²) in [6.45, 7) is 4.23. The van der Waals surface area contributed by atoms with Crippen LogP contribution in [-0.4, -0.2) is 81.5 Å². The molecule has 1 atom stereocenters. The fraction of sp³-hybridized carbons (Fsp3) is 0.350. The number of pyridine rings is 1. The summed E-state index contributed by atoms with van der Waals surface area (Å²) in [5.41, 5.74) is 4.76. The second kappa shape index (κ2) is 15.0. The Morgan fingerprint density at radius 1 is 0.868 bits per heavy atom. The molecule has 5 aromatic rings. The monoisotopic (exact) mass is 715 g/mol. The standard InChI is InChI=1S/C40H42FN9O3/c41-28-10-5-9-27(25-28)32-14-8-20-49(32)36-18-17-34-43-26-33(50(34)46-36)30-12-7-15-35(44-30)47-21-23-48(24-22-47)37(51)16-3-1-2-4-19-42-31-13-6-11-29-38(31)40(53)45-39(29)52/h5-7,9-13,15,17-18,25-26,32,42H,1-4,8,14,16,19-24H2,(H,45,52,53)/t32-/m1/s1. The minimum atomic E-state index is -0.357. The normalized spacial score (nSPS) is 17.1. The second-order valence-electron chi connectivity index (χ2n) is 13.9. The number of carbonyl (C=O) groups is 3. The van der Waals surface area contributed by atoms with E-state index in [1.54, 1.807) is 30.5 Å². The summed E-state index contributed by atoms with van der Waals surface area (Å²) < 4.78 is 15.9. The molecule has 2 saturated heterocycles. The lowest BCUT2D eigenvalue weighted by molar-refractivity contribution is -0.131. The van der Waals surface area contributed by atoms with Gasteiger partial charge in [0, 0.05) is 51.4 Å². The van der Waals surface area contributed by atoms with Gasteiger partial charge in [-0.2, -0.15) is 0 Å². The van der Waals surface area contributed by atoms with Crippen molar-refractivity contribution in [2.45, 2.75) is 51.0 Å². The van der Waals surface area contributed by atoms with Crippen LogP contribution in [0.15, 0.2) is 79.0 Å². The molecule has 0 spiro atoms. The van der Waals surface area contributed by atoms with Gasteiger partial charge in [-0.3, -0.25) is 19.7 Å². The quantitative estimate of drug-likeness (QED) is 0.121. The molecule has 2 aromatic carbocycles. The van der Waals surface area contributed by atoms with E-state index in [-0.39, 0.29) is 29.6 Å². The van der Waals surface area contributed by atoms with Crippen molar-refractivity contribution in [1.82, 2.24) is 29.8 Å². The van der Waals surface area contributed by atoms with Gasteiger partial charge in [-0.05, 0) is 79.8 Å². The van der Waals surface area contributed by atoms with Gasteiger partial charge in [0.05, 0.1) is 29.1 Å². The van der Waals surface area contributed by atoms with Crippen molar-refractivity contribution < 1.29 is 18.8 Å². The van der Waals surface area contributed by atoms with Gasteiger partial charge in [0.2, 0.25) is 5.91 Å². The fourth-order valence-electron chi connectivity index (χ4n) is 7.72. The average molecular weight is 716 g/mol. The number of imidazole rings is 1. The topological polar surface area (TPSA) is 128 Å². The van der Waals surface area contributed by atoms with Crippen LogP contribution in [0.4, 0.5) is 21.7 Å². The Morgan fingerprint density at radius 2 is 1.70 bits per heavy atom. The van der Waals surface area contributed by atoms with Crippen molar-refractivity contribution in [3.8, 4) is 11.4 Å². The molecule has 0 radical (unpaired) electrons. The number of nitrogens with one attached hydrogen (secondary N) is 2. The number of fused-ring (bicyclic) bond motifs is 2. The van der Waals surface area contributed by atoms with Crippen LogP contribution < -0.4 is 20.4 Å². The Bertz CT molecular complexity index is 2160. The zero-order valence-corrected chi connectivity index (χ0v) is 29.5. The van der Waals surface area contributed by atoms with Crippen molar-refractivity contribution in [3.05, 3.63) is 102 Å². The molecule has 3 aliphatic heterocycles. The Labute approximate surface area is 307 Å². The van der Waals surface area contributed by atoms with Crippen LogP contribution in [-0.2, 0) is 4.79 Å². The first-order valence-corrected chi connectivity index (χ1v) is 18.5. The van der Waals surface area contributed by atoms with Crippen LogP contribution in [0.2, 0.25) is 0 Å². The number of amides is 3. The predicted molar refractivity (Wildman–Crippen MR) is 201 cm³/mol. The number of carbonyl (C=O) groups excluding carboxylic acids is 3. The highest BCUT2D eigenvalue weighted by Crippen LogP contribution is 2.36. The Morgan fingerprint density at radius 3 is 2.57 bits per heavy atom. The van der Waals surface area contributed by atoms with Crippen molar-refractivity contribution in [2.75, 3.05) is 54.4 Å². The summed E-state index contributed by atoms with van der Waals surface area (Å²) >= 11 is 0. The number of hydrogen-bond donors (Lipinski definition) is 2.